The lowest BCUT2D eigenvalue weighted by atomic mass is 9.91. The smallest absolute Gasteiger partial charge is 0.264 e. The highest BCUT2D eigenvalue weighted by molar-refractivity contribution is 5.94. The lowest BCUT2D eigenvalue weighted by Gasteiger charge is -2.38. The first kappa shape index (κ1) is 22.0. The fourth-order valence-electron chi connectivity index (χ4n) is 4.31. The number of piperidine rings is 1. The Kier molecular flexibility index (Phi) is 5.49. The molecule has 1 N–H and O–H groups in total. The molecule has 0 aliphatic carbocycles. The van der Waals surface area contributed by atoms with Gasteiger partial charge in [-0.3, -0.25) is 14.2 Å². The normalized spacial score (nSPS) is 15.6. The number of aryl methyl sites for hydroxylation is 1. The molecule has 3 heterocycles. The van der Waals surface area contributed by atoms with Gasteiger partial charge in [0.25, 0.3) is 11.5 Å². The van der Waals surface area contributed by atoms with Gasteiger partial charge in [0.05, 0.1) is 24.0 Å². The maximum atomic E-state index is 13.2. The number of halogens is 1. The summed E-state index contributed by atoms with van der Waals surface area (Å²) >= 11 is 0. The summed E-state index contributed by atoms with van der Waals surface area (Å²) in [7, 11) is 0. The van der Waals surface area contributed by atoms with Crippen LogP contribution in [0.3, 0.4) is 0 Å². The van der Waals surface area contributed by atoms with Crippen LogP contribution in [0.5, 0.6) is 0 Å². The van der Waals surface area contributed by atoms with Crippen LogP contribution in [-0.2, 0) is 6.54 Å². The zero-order chi connectivity index (χ0) is 23.9. The van der Waals surface area contributed by atoms with Crippen LogP contribution in [0.4, 0.5) is 4.39 Å². The highest BCUT2D eigenvalue weighted by Crippen LogP contribution is 2.25. The van der Waals surface area contributed by atoms with Crippen LogP contribution in [0.2, 0.25) is 0 Å². The van der Waals surface area contributed by atoms with E-state index in [0.29, 0.717) is 48.2 Å². The van der Waals surface area contributed by atoms with Gasteiger partial charge in [0.15, 0.2) is 5.65 Å². The Labute approximate surface area is 194 Å². The van der Waals surface area contributed by atoms with Crippen LogP contribution < -0.4 is 5.56 Å². The van der Waals surface area contributed by atoms with Crippen molar-refractivity contribution in [3.8, 4) is 5.69 Å². The summed E-state index contributed by atoms with van der Waals surface area (Å²) in [4.78, 5) is 31.9. The predicted octanol–water partition coefficient (Wildman–Crippen LogP) is 2.70. The number of amides is 1. The molecule has 0 saturated carbocycles. The fraction of sp³-hybridized carbons (Fsp3) is 0.280. The molecule has 2 aromatic heterocycles. The van der Waals surface area contributed by atoms with E-state index in [-0.39, 0.29) is 23.8 Å². The highest BCUT2D eigenvalue weighted by Gasteiger charge is 2.35. The Balaban J connectivity index is 1.32. The molecule has 1 aliphatic heterocycles. The standard InChI is InChI=1S/C25H24FN5O3/c1-17-2-4-18(5-3-17)23(32)29-12-10-25(34,11-13-29)15-30-16-27-22-21(24(30)33)14-28-31(22)20-8-6-19(26)7-9-20/h2-9,14,16,34H,10-13,15H2,1H3. The van der Waals surface area contributed by atoms with E-state index in [2.05, 4.69) is 10.1 Å². The van der Waals surface area contributed by atoms with E-state index in [1.807, 2.05) is 31.2 Å². The molecule has 1 saturated heterocycles. The molecule has 0 bridgehead atoms. The van der Waals surface area contributed by atoms with Gasteiger partial charge in [0.2, 0.25) is 0 Å². The van der Waals surface area contributed by atoms with Gasteiger partial charge in [-0.1, -0.05) is 17.7 Å². The van der Waals surface area contributed by atoms with Gasteiger partial charge in [-0.15, -0.1) is 0 Å². The molecule has 8 nitrogen and oxygen atoms in total. The molecule has 0 spiro atoms. The second-order valence-electron chi connectivity index (χ2n) is 8.83. The topological polar surface area (TPSA) is 93.2 Å². The van der Waals surface area contributed by atoms with E-state index in [9.17, 15) is 19.1 Å². The first-order valence-electron chi connectivity index (χ1n) is 11.1. The fourth-order valence-corrected chi connectivity index (χ4v) is 4.31. The third kappa shape index (κ3) is 4.10. The van der Waals surface area contributed by atoms with Gasteiger partial charge < -0.3 is 10.0 Å². The molecule has 1 aliphatic rings. The van der Waals surface area contributed by atoms with Gasteiger partial charge in [-0.25, -0.2) is 14.1 Å². The monoisotopic (exact) mass is 461 g/mol. The lowest BCUT2D eigenvalue weighted by molar-refractivity contribution is -0.0299. The van der Waals surface area contributed by atoms with Crippen LogP contribution >= 0.6 is 0 Å². The molecule has 0 unspecified atom stereocenters. The predicted molar refractivity (Wildman–Crippen MR) is 124 cm³/mol. The molecule has 1 amide bonds. The number of carbonyl (C=O) groups excluding carboxylic acids is 1. The van der Waals surface area contributed by atoms with Crippen LogP contribution in [0.15, 0.2) is 65.8 Å². The summed E-state index contributed by atoms with van der Waals surface area (Å²) in [6.45, 7) is 2.84. The molecule has 0 radical (unpaired) electrons. The average molecular weight is 461 g/mol. The maximum Gasteiger partial charge on any atom is 0.264 e. The third-order valence-corrected chi connectivity index (χ3v) is 6.37. The second kappa shape index (κ2) is 8.49. The van der Waals surface area contributed by atoms with E-state index in [4.69, 9.17) is 0 Å². The van der Waals surface area contributed by atoms with Crippen LogP contribution in [0.25, 0.3) is 16.7 Å². The number of likely N-dealkylation sites (tertiary alicyclic amines) is 1. The van der Waals surface area contributed by atoms with Crippen molar-refractivity contribution in [2.75, 3.05) is 13.1 Å². The Morgan fingerprint density at radius 1 is 1.09 bits per heavy atom. The maximum absolute atomic E-state index is 13.2. The number of hydrogen-bond acceptors (Lipinski definition) is 5. The van der Waals surface area contributed by atoms with Crippen molar-refractivity contribution in [3.05, 3.63) is 88.4 Å². The van der Waals surface area contributed by atoms with Crippen molar-refractivity contribution in [1.82, 2.24) is 24.2 Å². The first-order valence-corrected chi connectivity index (χ1v) is 11.1. The van der Waals surface area contributed by atoms with Crippen LogP contribution in [-0.4, -0.2) is 53.9 Å². The third-order valence-electron chi connectivity index (χ3n) is 6.37. The number of hydrogen-bond donors (Lipinski definition) is 1. The molecule has 9 heteroatoms. The zero-order valence-electron chi connectivity index (χ0n) is 18.7. The number of aromatic nitrogens is 4. The zero-order valence-corrected chi connectivity index (χ0v) is 18.7. The second-order valence-corrected chi connectivity index (χ2v) is 8.83. The summed E-state index contributed by atoms with van der Waals surface area (Å²) < 4.78 is 16.1. The lowest BCUT2D eigenvalue weighted by Crippen LogP contribution is -2.49. The molecule has 4 aromatic rings. The Hall–Kier alpha value is -3.85. The molecule has 1 fully saturated rings. The van der Waals surface area contributed by atoms with Crippen molar-refractivity contribution in [2.45, 2.75) is 31.9 Å². The summed E-state index contributed by atoms with van der Waals surface area (Å²) in [5.41, 5.74) is 1.22. The van der Waals surface area contributed by atoms with Crippen molar-refractivity contribution < 1.29 is 14.3 Å². The van der Waals surface area contributed by atoms with Gasteiger partial charge in [0, 0.05) is 18.7 Å². The highest BCUT2D eigenvalue weighted by atomic mass is 19.1. The van der Waals surface area contributed by atoms with Gasteiger partial charge in [-0.2, -0.15) is 5.10 Å². The first-order chi connectivity index (χ1) is 16.3. The Bertz CT molecular complexity index is 1400. The summed E-state index contributed by atoms with van der Waals surface area (Å²) in [6, 6.07) is 13.2. The SMILES string of the molecule is Cc1ccc(C(=O)N2CCC(O)(Cn3cnc4c(cnn4-c4ccc(F)cc4)c3=O)CC2)cc1. The summed E-state index contributed by atoms with van der Waals surface area (Å²) in [6.07, 6.45) is 3.53. The average Bonchev–Trinajstić information content (AvgIpc) is 3.27. The minimum atomic E-state index is -1.13. The molecule has 174 valence electrons. The van der Waals surface area contributed by atoms with E-state index in [1.54, 1.807) is 17.0 Å². The number of fused-ring (bicyclic) bond motifs is 1. The van der Waals surface area contributed by atoms with Gasteiger partial charge in [0.1, 0.15) is 17.5 Å². The number of rotatable bonds is 4. The molecule has 2 aromatic carbocycles. The molecule has 34 heavy (non-hydrogen) atoms. The Morgan fingerprint density at radius 3 is 2.44 bits per heavy atom. The van der Waals surface area contributed by atoms with Crippen LogP contribution in [0, 0.1) is 12.7 Å². The van der Waals surface area contributed by atoms with Crippen molar-refractivity contribution in [2.24, 2.45) is 0 Å². The van der Waals surface area contributed by atoms with E-state index in [0.717, 1.165) is 5.56 Å². The minimum absolute atomic E-state index is 0.0597. The summed E-state index contributed by atoms with van der Waals surface area (Å²) in [5.74, 6) is -0.425. The van der Waals surface area contributed by atoms with Gasteiger partial charge >= 0.3 is 0 Å². The van der Waals surface area contributed by atoms with Gasteiger partial charge in [-0.05, 0) is 56.2 Å². The molecular formula is C25H24FN5O3. The van der Waals surface area contributed by atoms with E-state index < -0.39 is 5.60 Å². The quantitative estimate of drug-likeness (QED) is 0.505. The molecule has 0 atom stereocenters. The van der Waals surface area contributed by atoms with Crippen LogP contribution in [0.1, 0.15) is 28.8 Å². The number of nitrogens with zero attached hydrogens (tertiary/aromatic N) is 5. The largest absolute Gasteiger partial charge is 0.388 e. The molecule has 5 rings (SSSR count). The van der Waals surface area contributed by atoms with E-state index >= 15 is 0 Å². The van der Waals surface area contributed by atoms with E-state index in [1.165, 1.54) is 33.9 Å². The molecular weight excluding hydrogens is 437 g/mol. The number of benzene rings is 2. The van der Waals surface area contributed by atoms with Crippen molar-refractivity contribution >= 4 is 16.9 Å². The Morgan fingerprint density at radius 2 is 1.76 bits per heavy atom. The number of aliphatic hydroxyl groups is 1. The van der Waals surface area contributed by atoms with Crippen molar-refractivity contribution in [3.63, 3.8) is 0 Å². The number of carbonyl (C=O) groups is 1. The van der Waals surface area contributed by atoms with Crippen molar-refractivity contribution in [1.29, 1.82) is 0 Å². The minimum Gasteiger partial charge on any atom is -0.388 e. The summed E-state index contributed by atoms with van der Waals surface area (Å²) in [5, 5.41) is 15.7.